The molecule has 5 heteroatoms. The highest BCUT2D eigenvalue weighted by Crippen LogP contribution is 2.30. The molecule has 0 saturated heterocycles. The highest BCUT2D eigenvalue weighted by Gasteiger charge is 2.07. The van der Waals surface area contributed by atoms with Crippen molar-refractivity contribution in [2.24, 2.45) is 0 Å². The summed E-state index contributed by atoms with van der Waals surface area (Å²) in [7, 11) is 1.57. The van der Waals surface area contributed by atoms with E-state index in [1.165, 1.54) is 0 Å². The van der Waals surface area contributed by atoms with Crippen LogP contribution in [0, 0.1) is 0 Å². The number of para-hydroxylation sites is 2. The van der Waals surface area contributed by atoms with Crippen LogP contribution in [0.3, 0.4) is 0 Å². The Morgan fingerprint density at radius 3 is 2.56 bits per heavy atom. The predicted molar refractivity (Wildman–Crippen MR) is 68.2 cm³/mol. The summed E-state index contributed by atoms with van der Waals surface area (Å²) < 4.78 is 10.8. The quantitative estimate of drug-likeness (QED) is 0.923. The summed E-state index contributed by atoms with van der Waals surface area (Å²) in [6.07, 6.45) is 0. The molecule has 1 N–H and O–H groups in total. The molecule has 0 fully saturated rings. The molecule has 1 heterocycles. The Morgan fingerprint density at radius 1 is 1.17 bits per heavy atom. The van der Waals surface area contributed by atoms with E-state index >= 15 is 0 Å². The maximum absolute atomic E-state index is 9.08. The zero-order valence-electron chi connectivity index (χ0n) is 9.76. The molecule has 1 aromatic carbocycles. The van der Waals surface area contributed by atoms with Crippen LogP contribution in [0.5, 0.6) is 17.4 Å². The Balaban J connectivity index is 2.28. The predicted octanol–water partition coefficient (Wildman–Crippen LogP) is 3.03. The number of rotatable bonds is 4. The highest BCUT2D eigenvalue weighted by molar-refractivity contribution is 6.31. The van der Waals surface area contributed by atoms with Crippen LogP contribution in [0.4, 0.5) is 0 Å². The second-order valence-electron chi connectivity index (χ2n) is 3.49. The van der Waals surface area contributed by atoms with Crippen molar-refractivity contribution in [3.05, 3.63) is 47.1 Å². The molecule has 0 amide bonds. The number of ether oxygens (including phenoxy) is 2. The number of benzene rings is 1. The smallest absolute Gasteiger partial charge is 0.219 e. The summed E-state index contributed by atoms with van der Waals surface area (Å²) in [6.45, 7) is -0.234. The largest absolute Gasteiger partial charge is 0.493 e. The lowest BCUT2D eigenvalue weighted by atomic mass is 10.3. The normalized spacial score (nSPS) is 10.2. The summed E-state index contributed by atoms with van der Waals surface area (Å²) in [6, 6.07) is 10.5. The Morgan fingerprint density at radius 2 is 1.89 bits per heavy atom. The van der Waals surface area contributed by atoms with Crippen LogP contribution >= 0.6 is 11.6 Å². The van der Waals surface area contributed by atoms with Crippen molar-refractivity contribution in [3.8, 4) is 17.4 Å². The molecule has 18 heavy (non-hydrogen) atoms. The van der Waals surface area contributed by atoms with Crippen LogP contribution in [0.2, 0.25) is 5.02 Å². The van der Waals surface area contributed by atoms with Gasteiger partial charge in [0, 0.05) is 6.07 Å². The molecular weight excluding hydrogens is 254 g/mol. The summed E-state index contributed by atoms with van der Waals surface area (Å²) >= 11 is 5.86. The van der Waals surface area contributed by atoms with Gasteiger partial charge in [0.2, 0.25) is 5.88 Å². The second kappa shape index (κ2) is 5.71. The third kappa shape index (κ3) is 2.72. The second-order valence-corrected chi connectivity index (χ2v) is 3.90. The monoisotopic (exact) mass is 265 g/mol. The van der Waals surface area contributed by atoms with Crippen LogP contribution in [0.25, 0.3) is 0 Å². The molecule has 0 unspecified atom stereocenters. The zero-order chi connectivity index (χ0) is 13.0. The number of hydrogen-bond donors (Lipinski definition) is 1. The number of methoxy groups -OCH3 is 1. The van der Waals surface area contributed by atoms with Crippen LogP contribution in [-0.4, -0.2) is 17.2 Å². The molecule has 0 atom stereocenters. The fourth-order valence-electron chi connectivity index (χ4n) is 1.45. The van der Waals surface area contributed by atoms with Crippen molar-refractivity contribution in [1.29, 1.82) is 0 Å². The SMILES string of the molecule is COc1ccccc1Oc1ccc(Cl)c(CO)n1. The molecule has 2 aromatic rings. The average Bonchev–Trinajstić information content (AvgIpc) is 2.41. The fraction of sp³-hybridized carbons (Fsp3) is 0.154. The maximum atomic E-state index is 9.08. The molecule has 4 nitrogen and oxygen atoms in total. The lowest BCUT2D eigenvalue weighted by molar-refractivity contribution is 0.275. The van der Waals surface area contributed by atoms with E-state index in [9.17, 15) is 0 Å². The molecule has 0 aliphatic carbocycles. The number of aliphatic hydroxyl groups excluding tert-OH is 1. The van der Waals surface area contributed by atoms with Gasteiger partial charge in [-0.05, 0) is 18.2 Å². The van der Waals surface area contributed by atoms with Crippen molar-refractivity contribution >= 4 is 11.6 Å². The Kier molecular flexibility index (Phi) is 4.02. The van der Waals surface area contributed by atoms with E-state index in [1.54, 1.807) is 31.4 Å². The number of hydrogen-bond acceptors (Lipinski definition) is 4. The summed E-state index contributed by atoms with van der Waals surface area (Å²) in [5.41, 5.74) is 0.379. The summed E-state index contributed by atoms with van der Waals surface area (Å²) in [4.78, 5) is 4.10. The molecule has 0 spiro atoms. The number of nitrogens with zero attached hydrogens (tertiary/aromatic N) is 1. The van der Waals surface area contributed by atoms with Gasteiger partial charge in [-0.25, -0.2) is 4.98 Å². The number of pyridine rings is 1. The molecule has 94 valence electrons. The van der Waals surface area contributed by atoms with Gasteiger partial charge in [0.25, 0.3) is 0 Å². The van der Waals surface area contributed by atoms with E-state index in [0.717, 1.165) is 0 Å². The van der Waals surface area contributed by atoms with Crippen LogP contribution < -0.4 is 9.47 Å². The first-order valence-electron chi connectivity index (χ1n) is 5.31. The van der Waals surface area contributed by atoms with Gasteiger partial charge in [0.1, 0.15) is 0 Å². The van der Waals surface area contributed by atoms with Gasteiger partial charge in [-0.3, -0.25) is 0 Å². The van der Waals surface area contributed by atoms with E-state index in [-0.39, 0.29) is 6.61 Å². The van der Waals surface area contributed by atoms with Gasteiger partial charge >= 0.3 is 0 Å². The minimum absolute atomic E-state index is 0.234. The maximum Gasteiger partial charge on any atom is 0.219 e. The van der Waals surface area contributed by atoms with E-state index in [0.29, 0.717) is 28.1 Å². The van der Waals surface area contributed by atoms with Crippen LogP contribution in [-0.2, 0) is 6.61 Å². The van der Waals surface area contributed by atoms with Gasteiger partial charge < -0.3 is 14.6 Å². The summed E-state index contributed by atoms with van der Waals surface area (Å²) in [5, 5.41) is 9.49. The lowest BCUT2D eigenvalue weighted by Gasteiger charge is -2.10. The van der Waals surface area contributed by atoms with Crippen molar-refractivity contribution in [3.63, 3.8) is 0 Å². The molecule has 0 bridgehead atoms. The van der Waals surface area contributed by atoms with Crippen molar-refractivity contribution < 1.29 is 14.6 Å². The van der Waals surface area contributed by atoms with Gasteiger partial charge in [-0.15, -0.1) is 0 Å². The van der Waals surface area contributed by atoms with E-state index in [1.807, 2.05) is 12.1 Å². The first-order chi connectivity index (χ1) is 8.74. The first kappa shape index (κ1) is 12.7. The van der Waals surface area contributed by atoms with Gasteiger partial charge in [0.15, 0.2) is 11.5 Å². The van der Waals surface area contributed by atoms with Crippen LogP contribution in [0.15, 0.2) is 36.4 Å². The minimum Gasteiger partial charge on any atom is -0.493 e. The molecule has 2 rings (SSSR count). The molecular formula is C13H12ClNO3. The number of aromatic nitrogens is 1. The highest BCUT2D eigenvalue weighted by atomic mass is 35.5. The fourth-order valence-corrected chi connectivity index (χ4v) is 1.61. The van der Waals surface area contributed by atoms with E-state index in [2.05, 4.69) is 4.98 Å². The van der Waals surface area contributed by atoms with Gasteiger partial charge in [0.05, 0.1) is 24.4 Å². The van der Waals surface area contributed by atoms with Gasteiger partial charge in [-0.1, -0.05) is 23.7 Å². The molecule has 0 aliphatic rings. The Hall–Kier alpha value is -1.78. The molecule has 0 saturated carbocycles. The molecule has 1 aromatic heterocycles. The van der Waals surface area contributed by atoms with Crippen molar-refractivity contribution in [1.82, 2.24) is 4.98 Å². The van der Waals surface area contributed by atoms with Gasteiger partial charge in [-0.2, -0.15) is 0 Å². The first-order valence-corrected chi connectivity index (χ1v) is 5.69. The third-order valence-electron chi connectivity index (χ3n) is 2.33. The van der Waals surface area contributed by atoms with E-state index in [4.69, 9.17) is 26.2 Å². The topological polar surface area (TPSA) is 51.6 Å². The van der Waals surface area contributed by atoms with E-state index < -0.39 is 0 Å². The van der Waals surface area contributed by atoms with Crippen molar-refractivity contribution in [2.75, 3.05) is 7.11 Å². The molecule has 0 aliphatic heterocycles. The number of halogens is 1. The Bertz CT molecular complexity index is 546. The number of aliphatic hydroxyl groups is 1. The average molecular weight is 266 g/mol. The molecule has 0 radical (unpaired) electrons. The van der Waals surface area contributed by atoms with Crippen LogP contribution in [0.1, 0.15) is 5.69 Å². The lowest BCUT2D eigenvalue weighted by Crippen LogP contribution is -1.95. The minimum atomic E-state index is -0.234. The third-order valence-corrected chi connectivity index (χ3v) is 2.67. The summed E-state index contributed by atoms with van der Waals surface area (Å²) in [5.74, 6) is 1.52. The zero-order valence-corrected chi connectivity index (χ0v) is 10.5. The Labute approximate surface area is 110 Å². The van der Waals surface area contributed by atoms with Crippen molar-refractivity contribution in [2.45, 2.75) is 6.61 Å². The standard InChI is InChI=1S/C13H12ClNO3/c1-17-11-4-2-3-5-12(11)18-13-7-6-9(14)10(8-16)15-13/h2-7,16H,8H2,1H3.